The summed E-state index contributed by atoms with van der Waals surface area (Å²) >= 11 is 7.83. The predicted molar refractivity (Wildman–Crippen MR) is 91.3 cm³/mol. The molecule has 2 nitrogen and oxygen atoms in total. The lowest BCUT2D eigenvalue weighted by atomic mass is 10.2. The molecule has 0 saturated heterocycles. The summed E-state index contributed by atoms with van der Waals surface area (Å²) in [5.74, 6) is 0. The molecular weight excluding hydrogens is 300 g/mol. The summed E-state index contributed by atoms with van der Waals surface area (Å²) in [6.07, 6.45) is 1.13. The van der Waals surface area contributed by atoms with E-state index in [1.165, 1.54) is 16.0 Å². The van der Waals surface area contributed by atoms with Crippen LogP contribution in [0.4, 0.5) is 0 Å². The number of rotatable bonds is 6. The molecule has 0 aliphatic carbocycles. The molecule has 0 radical (unpaired) electrons. The van der Waals surface area contributed by atoms with Crippen LogP contribution < -0.4 is 5.32 Å². The van der Waals surface area contributed by atoms with Crippen molar-refractivity contribution in [2.45, 2.75) is 43.7 Å². The van der Waals surface area contributed by atoms with E-state index in [1.54, 1.807) is 11.8 Å². The molecule has 2 rings (SSSR count). The maximum absolute atomic E-state index is 6.13. The summed E-state index contributed by atoms with van der Waals surface area (Å²) in [4.78, 5) is 5.81. The van der Waals surface area contributed by atoms with E-state index < -0.39 is 0 Å². The van der Waals surface area contributed by atoms with Gasteiger partial charge >= 0.3 is 0 Å². The fourth-order valence-electron chi connectivity index (χ4n) is 2.15. The maximum Gasteiger partial charge on any atom is 0.101 e. The van der Waals surface area contributed by atoms with E-state index in [2.05, 4.69) is 42.3 Å². The van der Waals surface area contributed by atoms with E-state index >= 15 is 0 Å². The molecule has 112 valence electrons. The number of aryl methyl sites for hydroxylation is 2. The Balaban J connectivity index is 2.21. The Morgan fingerprint density at radius 3 is 2.71 bits per heavy atom. The van der Waals surface area contributed by atoms with Gasteiger partial charge in [0.2, 0.25) is 0 Å². The second kappa shape index (κ2) is 7.83. The Bertz CT molecular complexity index is 593. The molecule has 1 aromatic heterocycles. The van der Waals surface area contributed by atoms with Gasteiger partial charge in [-0.3, -0.25) is 0 Å². The monoisotopic (exact) mass is 320 g/mol. The van der Waals surface area contributed by atoms with Gasteiger partial charge in [-0.25, -0.2) is 4.98 Å². The Hall–Kier alpha value is -1.03. The smallest absolute Gasteiger partial charge is 0.101 e. The van der Waals surface area contributed by atoms with Crippen LogP contribution >= 0.6 is 23.4 Å². The van der Waals surface area contributed by atoms with Gasteiger partial charge in [0.05, 0.1) is 0 Å². The van der Waals surface area contributed by atoms with Crippen LogP contribution in [0.3, 0.4) is 0 Å². The first-order chi connectivity index (χ1) is 10.1. The van der Waals surface area contributed by atoms with Crippen LogP contribution in [0.25, 0.3) is 0 Å². The van der Waals surface area contributed by atoms with Crippen LogP contribution in [-0.4, -0.2) is 11.5 Å². The van der Waals surface area contributed by atoms with E-state index in [0.717, 1.165) is 35.3 Å². The minimum Gasteiger partial charge on any atom is -0.313 e. The summed E-state index contributed by atoms with van der Waals surface area (Å²) in [6, 6.07) is 10.3. The third-order valence-corrected chi connectivity index (χ3v) is 4.33. The lowest BCUT2D eigenvalue weighted by Crippen LogP contribution is -2.14. The third-order valence-electron chi connectivity index (χ3n) is 3.05. The van der Waals surface area contributed by atoms with Crippen molar-refractivity contribution in [3.63, 3.8) is 0 Å². The van der Waals surface area contributed by atoms with Crippen LogP contribution in [0.2, 0.25) is 5.02 Å². The van der Waals surface area contributed by atoms with Crippen LogP contribution in [0.1, 0.15) is 30.2 Å². The predicted octanol–water partition coefficient (Wildman–Crippen LogP) is 5.00. The van der Waals surface area contributed by atoms with Gasteiger partial charge in [-0.15, -0.1) is 0 Å². The Morgan fingerprint density at radius 1 is 1.19 bits per heavy atom. The number of halogens is 1. The first-order valence-corrected chi connectivity index (χ1v) is 8.40. The van der Waals surface area contributed by atoms with E-state index in [-0.39, 0.29) is 0 Å². The number of aromatic nitrogens is 1. The zero-order valence-electron chi connectivity index (χ0n) is 12.7. The van der Waals surface area contributed by atoms with Crippen molar-refractivity contribution in [1.82, 2.24) is 10.3 Å². The van der Waals surface area contributed by atoms with Gasteiger partial charge in [-0.05, 0) is 68.3 Å². The Kier molecular flexibility index (Phi) is 6.09. The van der Waals surface area contributed by atoms with Crippen molar-refractivity contribution in [2.75, 3.05) is 6.54 Å². The quantitative estimate of drug-likeness (QED) is 0.758. The van der Waals surface area contributed by atoms with E-state index in [0.29, 0.717) is 0 Å². The SMILES string of the molecule is CCCNCc1cc(Cl)ccc1Sc1cc(C)cc(C)n1. The molecule has 0 aliphatic heterocycles. The van der Waals surface area contributed by atoms with Gasteiger partial charge < -0.3 is 5.32 Å². The minimum atomic E-state index is 0.779. The van der Waals surface area contributed by atoms with Crippen molar-refractivity contribution < 1.29 is 0 Å². The number of hydrogen-bond acceptors (Lipinski definition) is 3. The van der Waals surface area contributed by atoms with Gasteiger partial charge in [-0.2, -0.15) is 0 Å². The van der Waals surface area contributed by atoms with Gasteiger partial charge in [0, 0.05) is 22.2 Å². The lowest BCUT2D eigenvalue weighted by molar-refractivity contribution is 0.669. The zero-order valence-corrected chi connectivity index (χ0v) is 14.3. The van der Waals surface area contributed by atoms with E-state index in [9.17, 15) is 0 Å². The summed E-state index contributed by atoms with van der Waals surface area (Å²) < 4.78 is 0. The highest BCUT2D eigenvalue weighted by molar-refractivity contribution is 7.99. The standard InChI is InChI=1S/C17H21ClN2S/c1-4-7-19-11-14-10-15(18)5-6-16(14)21-17-9-12(2)8-13(3)20-17/h5-6,8-10,19H,4,7,11H2,1-3H3. The van der Waals surface area contributed by atoms with Crippen LogP contribution in [-0.2, 0) is 6.54 Å². The lowest BCUT2D eigenvalue weighted by Gasteiger charge is -2.11. The van der Waals surface area contributed by atoms with Crippen molar-refractivity contribution in [1.29, 1.82) is 0 Å². The molecule has 0 amide bonds. The summed E-state index contributed by atoms with van der Waals surface area (Å²) in [5.41, 5.74) is 3.52. The van der Waals surface area contributed by atoms with Crippen LogP contribution in [0.15, 0.2) is 40.3 Å². The van der Waals surface area contributed by atoms with Gasteiger partial charge in [-0.1, -0.05) is 30.3 Å². The summed E-state index contributed by atoms with van der Waals surface area (Å²) in [6.45, 7) is 8.15. The highest BCUT2D eigenvalue weighted by Gasteiger charge is 2.07. The average Bonchev–Trinajstić information content (AvgIpc) is 2.41. The zero-order chi connectivity index (χ0) is 15.2. The molecule has 4 heteroatoms. The van der Waals surface area contributed by atoms with Crippen molar-refractivity contribution in [3.05, 3.63) is 52.2 Å². The van der Waals surface area contributed by atoms with Gasteiger partial charge in [0.25, 0.3) is 0 Å². The molecule has 2 aromatic rings. The van der Waals surface area contributed by atoms with Crippen molar-refractivity contribution in [3.8, 4) is 0 Å². The first-order valence-electron chi connectivity index (χ1n) is 7.20. The fourth-order valence-corrected chi connectivity index (χ4v) is 3.41. The molecule has 1 N–H and O–H groups in total. The molecule has 0 bridgehead atoms. The normalized spacial score (nSPS) is 10.9. The minimum absolute atomic E-state index is 0.779. The van der Waals surface area contributed by atoms with Crippen LogP contribution in [0, 0.1) is 13.8 Å². The Labute approximate surface area is 136 Å². The summed E-state index contributed by atoms with van der Waals surface area (Å²) in [7, 11) is 0. The number of nitrogens with one attached hydrogen (secondary N) is 1. The molecule has 0 unspecified atom stereocenters. The van der Waals surface area contributed by atoms with Crippen LogP contribution in [0.5, 0.6) is 0 Å². The molecule has 0 saturated carbocycles. The Morgan fingerprint density at radius 2 is 2.00 bits per heavy atom. The number of hydrogen-bond donors (Lipinski definition) is 1. The third kappa shape index (κ3) is 5.03. The second-order valence-electron chi connectivity index (χ2n) is 5.15. The molecule has 1 heterocycles. The number of nitrogens with zero attached hydrogens (tertiary/aromatic N) is 1. The molecular formula is C17H21ClN2S. The van der Waals surface area contributed by atoms with Crippen molar-refractivity contribution >= 4 is 23.4 Å². The second-order valence-corrected chi connectivity index (χ2v) is 6.65. The molecule has 21 heavy (non-hydrogen) atoms. The fraction of sp³-hybridized carbons (Fsp3) is 0.353. The maximum atomic E-state index is 6.13. The first kappa shape index (κ1) is 16.3. The molecule has 0 atom stereocenters. The number of benzene rings is 1. The molecule has 0 fully saturated rings. The largest absolute Gasteiger partial charge is 0.313 e. The van der Waals surface area contributed by atoms with E-state index in [4.69, 9.17) is 11.6 Å². The number of pyridine rings is 1. The van der Waals surface area contributed by atoms with Gasteiger partial charge in [0.15, 0.2) is 0 Å². The molecule has 1 aromatic carbocycles. The molecule has 0 spiro atoms. The average molecular weight is 321 g/mol. The van der Waals surface area contributed by atoms with Gasteiger partial charge in [0.1, 0.15) is 5.03 Å². The summed E-state index contributed by atoms with van der Waals surface area (Å²) in [5, 5.41) is 5.25. The highest BCUT2D eigenvalue weighted by atomic mass is 35.5. The van der Waals surface area contributed by atoms with Crippen molar-refractivity contribution in [2.24, 2.45) is 0 Å². The topological polar surface area (TPSA) is 24.9 Å². The van der Waals surface area contributed by atoms with E-state index in [1.807, 2.05) is 19.1 Å². The highest BCUT2D eigenvalue weighted by Crippen LogP contribution is 2.31. The molecule has 0 aliphatic rings.